The molecule has 0 fully saturated rings. The van der Waals surface area contributed by atoms with Gasteiger partial charge in [0.25, 0.3) is 0 Å². The maximum absolute atomic E-state index is 10.4. The average molecular weight is 297 g/mol. The van der Waals surface area contributed by atoms with Gasteiger partial charge in [-0.3, -0.25) is 0 Å². The number of likely N-dealkylation sites (N-methyl/N-ethyl adjacent to an activating group) is 1. The lowest BCUT2D eigenvalue weighted by atomic mass is 10.2. The fourth-order valence-electron chi connectivity index (χ4n) is 1.64. The topological polar surface area (TPSA) is 69.4 Å². The lowest BCUT2D eigenvalue weighted by Gasteiger charge is -2.05. The molecule has 1 aliphatic heterocycles. The first kappa shape index (κ1) is 16.4. The van der Waals surface area contributed by atoms with E-state index in [1.54, 1.807) is 12.1 Å². The smallest absolute Gasteiger partial charge is 0.364 e. The third-order valence-electron chi connectivity index (χ3n) is 2.69. The van der Waals surface area contributed by atoms with Gasteiger partial charge in [0.2, 0.25) is 0 Å². The van der Waals surface area contributed by atoms with E-state index >= 15 is 0 Å². The van der Waals surface area contributed by atoms with Crippen molar-refractivity contribution < 1.29 is 22.3 Å². The molecule has 0 N–H and O–H groups in total. The molecule has 0 aliphatic carbocycles. The molecular formula is C14H19NO4S. The number of nitrogens with zero attached hydrogens (tertiary/aromatic N) is 1. The summed E-state index contributed by atoms with van der Waals surface area (Å²) in [7, 11) is -2.26. The minimum atomic E-state index is -4.27. The zero-order valence-electron chi connectivity index (χ0n) is 11.9. The van der Waals surface area contributed by atoms with Gasteiger partial charge in [0, 0.05) is 0 Å². The quantitative estimate of drug-likeness (QED) is 0.613. The van der Waals surface area contributed by atoms with E-state index in [4.69, 9.17) is 4.74 Å². The van der Waals surface area contributed by atoms with Gasteiger partial charge in [0.05, 0.1) is 10.5 Å². The van der Waals surface area contributed by atoms with Crippen LogP contribution in [0.4, 0.5) is 0 Å². The number of aryl methyl sites for hydroxylation is 1. The second-order valence-corrected chi connectivity index (χ2v) is 6.00. The monoisotopic (exact) mass is 297 g/mol. The second-order valence-electron chi connectivity index (χ2n) is 4.62. The molecule has 1 aliphatic rings. The summed E-state index contributed by atoms with van der Waals surface area (Å²) in [5, 5.41) is 0. The van der Waals surface area contributed by atoms with Crippen LogP contribution >= 0.6 is 0 Å². The molecule has 0 saturated carbocycles. The van der Waals surface area contributed by atoms with E-state index in [0.717, 1.165) is 30.2 Å². The molecule has 6 heteroatoms. The summed E-state index contributed by atoms with van der Waals surface area (Å²) in [6, 6.07) is 5.78. The number of ether oxygens (including phenoxy) is 1. The summed E-state index contributed by atoms with van der Waals surface area (Å²) in [6.45, 7) is 9.35. The maximum Gasteiger partial charge on any atom is 0.364 e. The van der Waals surface area contributed by atoms with Crippen LogP contribution in [0.1, 0.15) is 12.5 Å². The molecule has 0 amide bonds. The van der Waals surface area contributed by atoms with Crippen molar-refractivity contribution in [2.75, 3.05) is 20.2 Å². The first-order valence-corrected chi connectivity index (χ1v) is 7.52. The molecule has 1 aromatic carbocycles. The number of rotatable bonds is 2. The molecule has 0 bridgehead atoms. The summed E-state index contributed by atoms with van der Waals surface area (Å²) in [5.41, 5.74) is 1.94. The Morgan fingerprint density at radius 2 is 1.90 bits per heavy atom. The fraction of sp³-hybridized carbons (Fsp3) is 0.357. The van der Waals surface area contributed by atoms with Crippen molar-refractivity contribution in [1.82, 2.24) is 0 Å². The normalized spacial score (nSPS) is 14.4. The molecule has 110 valence electrons. The molecule has 1 aromatic rings. The minimum absolute atomic E-state index is 0.178. The van der Waals surface area contributed by atoms with Crippen molar-refractivity contribution >= 4 is 16.0 Å². The van der Waals surface area contributed by atoms with E-state index in [1.165, 1.54) is 12.1 Å². The summed E-state index contributed by atoms with van der Waals surface area (Å²) in [4.78, 5) is -0.178. The molecule has 0 unspecified atom stereocenters. The van der Waals surface area contributed by atoms with Gasteiger partial charge in [0.15, 0.2) is 13.2 Å². The van der Waals surface area contributed by atoms with Crippen LogP contribution in [0, 0.1) is 6.92 Å². The van der Waals surface area contributed by atoms with E-state index in [-0.39, 0.29) is 4.90 Å². The molecule has 5 nitrogen and oxygen atoms in total. The van der Waals surface area contributed by atoms with Crippen LogP contribution in [-0.4, -0.2) is 43.6 Å². The highest BCUT2D eigenvalue weighted by Crippen LogP contribution is 2.08. The molecule has 1 heterocycles. The summed E-state index contributed by atoms with van der Waals surface area (Å²) < 4.78 is 38.5. The maximum atomic E-state index is 10.4. The summed E-state index contributed by atoms with van der Waals surface area (Å²) in [5.74, 6) is 0.940. The van der Waals surface area contributed by atoms with Crippen molar-refractivity contribution in [3.05, 3.63) is 42.0 Å². The highest BCUT2D eigenvalue weighted by atomic mass is 32.2. The Morgan fingerprint density at radius 3 is 2.20 bits per heavy atom. The van der Waals surface area contributed by atoms with Crippen molar-refractivity contribution in [3.63, 3.8) is 0 Å². The Hall–Kier alpha value is -1.66. The highest BCUT2D eigenvalue weighted by molar-refractivity contribution is 7.85. The van der Waals surface area contributed by atoms with Gasteiger partial charge in [-0.2, -0.15) is 4.58 Å². The Morgan fingerprint density at radius 1 is 1.35 bits per heavy atom. The van der Waals surface area contributed by atoms with Crippen molar-refractivity contribution in [3.8, 4) is 0 Å². The third-order valence-corrected chi connectivity index (χ3v) is 3.54. The predicted octanol–water partition coefficient (Wildman–Crippen LogP) is 1.53. The number of hydrogen-bond donors (Lipinski definition) is 0. The van der Waals surface area contributed by atoms with Crippen molar-refractivity contribution in [1.29, 1.82) is 0 Å². The molecule has 0 saturated heterocycles. The second kappa shape index (κ2) is 6.67. The van der Waals surface area contributed by atoms with E-state index in [1.807, 2.05) is 20.9 Å². The van der Waals surface area contributed by atoms with Gasteiger partial charge in [-0.05, 0) is 26.0 Å². The van der Waals surface area contributed by atoms with Gasteiger partial charge in [-0.1, -0.05) is 24.3 Å². The van der Waals surface area contributed by atoms with Crippen LogP contribution in [0.15, 0.2) is 41.3 Å². The summed E-state index contributed by atoms with van der Waals surface area (Å²) >= 11 is 0. The molecule has 20 heavy (non-hydrogen) atoms. The molecule has 0 radical (unpaired) electrons. The van der Waals surface area contributed by atoms with E-state index in [9.17, 15) is 13.0 Å². The van der Waals surface area contributed by atoms with Gasteiger partial charge in [0.1, 0.15) is 17.2 Å². The SMILES string of the molecule is C=C(C)C1=[N+](C)CCO1.Cc1ccc(S(=O)(=O)[O-])cc1. The Labute approximate surface area is 120 Å². The average Bonchev–Trinajstić information content (AvgIpc) is 2.76. The highest BCUT2D eigenvalue weighted by Gasteiger charge is 2.19. The minimum Gasteiger partial charge on any atom is -0.744 e. The van der Waals surface area contributed by atoms with E-state index in [2.05, 4.69) is 11.2 Å². The van der Waals surface area contributed by atoms with Crippen LogP contribution in [0.3, 0.4) is 0 Å². The van der Waals surface area contributed by atoms with Crippen molar-refractivity contribution in [2.24, 2.45) is 0 Å². The first-order valence-electron chi connectivity index (χ1n) is 6.11. The van der Waals surface area contributed by atoms with E-state index in [0.29, 0.717) is 0 Å². The van der Waals surface area contributed by atoms with Gasteiger partial charge in [-0.25, -0.2) is 8.42 Å². The van der Waals surface area contributed by atoms with Crippen LogP contribution in [0.2, 0.25) is 0 Å². The number of benzene rings is 1. The van der Waals surface area contributed by atoms with E-state index < -0.39 is 10.1 Å². The number of hydrogen-bond acceptors (Lipinski definition) is 4. The van der Waals surface area contributed by atoms with Gasteiger partial charge in [-0.15, -0.1) is 0 Å². The lowest BCUT2D eigenvalue weighted by Crippen LogP contribution is -2.10. The Balaban J connectivity index is 0.000000204. The molecular weight excluding hydrogens is 278 g/mol. The molecule has 0 atom stereocenters. The molecule has 0 aromatic heterocycles. The van der Waals surface area contributed by atoms with Crippen LogP contribution < -0.4 is 0 Å². The molecule has 0 spiro atoms. The lowest BCUT2D eigenvalue weighted by molar-refractivity contribution is -0.486. The third kappa shape index (κ3) is 4.79. The predicted molar refractivity (Wildman–Crippen MR) is 76.0 cm³/mol. The van der Waals surface area contributed by atoms with Gasteiger partial charge < -0.3 is 9.29 Å². The largest absolute Gasteiger partial charge is 0.744 e. The van der Waals surface area contributed by atoms with Crippen molar-refractivity contribution in [2.45, 2.75) is 18.7 Å². The first-order chi connectivity index (χ1) is 9.21. The van der Waals surface area contributed by atoms with Crippen LogP contribution in [-0.2, 0) is 14.9 Å². The van der Waals surface area contributed by atoms with Crippen LogP contribution in [0.5, 0.6) is 0 Å². The summed E-state index contributed by atoms with van der Waals surface area (Å²) in [6.07, 6.45) is 0. The fourth-order valence-corrected chi connectivity index (χ4v) is 2.11. The standard InChI is InChI=1S/C7H12NO.C7H8O3S/c1-6(2)7-8(3)4-5-9-7;1-6-2-4-7(5-3-6)11(8,9)10/h1,4-5H2,2-3H3;2-5H,1H3,(H,8,9,10)/q+1;/p-1. The Bertz CT molecular complexity index is 615. The Kier molecular flexibility index (Phi) is 5.47. The zero-order valence-corrected chi connectivity index (χ0v) is 12.7. The van der Waals surface area contributed by atoms with Gasteiger partial charge >= 0.3 is 5.90 Å². The molecule has 2 rings (SSSR count). The zero-order chi connectivity index (χ0) is 15.3. The van der Waals surface area contributed by atoms with Crippen LogP contribution in [0.25, 0.3) is 0 Å².